The number of anilines is 1. The SMILES string of the molecule is CCc1ccc(N2CCC(COc3c(F)cc(-c4ccc(-n5cncn5)nc4C)cc3F)CC2)nc1. The molecule has 1 aliphatic heterocycles. The lowest BCUT2D eigenvalue weighted by Gasteiger charge is -2.32. The number of ether oxygens (including phenoxy) is 1. The summed E-state index contributed by atoms with van der Waals surface area (Å²) in [5, 5.41) is 4.06. The molecule has 1 saturated heterocycles. The molecule has 4 aromatic rings. The van der Waals surface area contributed by atoms with Crippen LogP contribution < -0.4 is 9.64 Å². The van der Waals surface area contributed by atoms with Gasteiger partial charge in [-0.1, -0.05) is 13.0 Å². The molecule has 1 aromatic carbocycles. The zero-order valence-corrected chi connectivity index (χ0v) is 20.4. The molecule has 7 nitrogen and oxygen atoms in total. The predicted molar refractivity (Wildman–Crippen MR) is 133 cm³/mol. The Labute approximate surface area is 208 Å². The first-order valence-corrected chi connectivity index (χ1v) is 12.2. The van der Waals surface area contributed by atoms with Gasteiger partial charge in [0.2, 0.25) is 0 Å². The van der Waals surface area contributed by atoms with Gasteiger partial charge in [0.05, 0.1) is 6.61 Å². The van der Waals surface area contributed by atoms with Gasteiger partial charge in [0.25, 0.3) is 0 Å². The van der Waals surface area contributed by atoms with E-state index in [1.54, 1.807) is 19.1 Å². The summed E-state index contributed by atoms with van der Waals surface area (Å²) < 4.78 is 37.0. The fourth-order valence-corrected chi connectivity index (χ4v) is 4.50. The molecule has 1 fully saturated rings. The van der Waals surface area contributed by atoms with Crippen molar-refractivity contribution >= 4 is 5.82 Å². The number of hydrogen-bond acceptors (Lipinski definition) is 6. The van der Waals surface area contributed by atoms with Crippen LogP contribution in [0.25, 0.3) is 16.9 Å². The number of nitrogens with zero attached hydrogens (tertiary/aromatic N) is 6. The lowest BCUT2D eigenvalue weighted by atomic mass is 9.97. The maximum Gasteiger partial charge on any atom is 0.190 e. The highest BCUT2D eigenvalue weighted by molar-refractivity contribution is 5.67. The second-order valence-corrected chi connectivity index (χ2v) is 9.03. The number of aryl methyl sites for hydroxylation is 2. The summed E-state index contributed by atoms with van der Waals surface area (Å²) in [7, 11) is 0. The van der Waals surface area contributed by atoms with E-state index in [1.165, 1.54) is 35.0 Å². The van der Waals surface area contributed by atoms with Crippen molar-refractivity contribution in [2.45, 2.75) is 33.1 Å². The van der Waals surface area contributed by atoms with E-state index in [1.807, 2.05) is 6.20 Å². The van der Waals surface area contributed by atoms with Gasteiger partial charge in [0, 0.05) is 30.5 Å². The lowest BCUT2D eigenvalue weighted by Crippen LogP contribution is -2.36. The molecule has 9 heteroatoms. The zero-order valence-electron chi connectivity index (χ0n) is 20.4. The number of aromatic nitrogens is 5. The van der Waals surface area contributed by atoms with E-state index in [0.29, 0.717) is 22.6 Å². The summed E-state index contributed by atoms with van der Waals surface area (Å²) >= 11 is 0. The molecule has 186 valence electrons. The predicted octanol–water partition coefficient (Wildman–Crippen LogP) is 5.17. The minimum Gasteiger partial charge on any atom is -0.487 e. The molecule has 0 spiro atoms. The lowest BCUT2D eigenvalue weighted by molar-refractivity contribution is 0.207. The number of rotatable bonds is 7. The Balaban J connectivity index is 1.22. The number of piperidine rings is 1. The Morgan fingerprint density at radius 1 is 1.03 bits per heavy atom. The van der Waals surface area contributed by atoms with Crippen LogP contribution in [0.3, 0.4) is 0 Å². The second-order valence-electron chi connectivity index (χ2n) is 9.03. The topological polar surface area (TPSA) is 69.0 Å². The van der Waals surface area contributed by atoms with Crippen molar-refractivity contribution in [2.75, 3.05) is 24.6 Å². The van der Waals surface area contributed by atoms with E-state index in [9.17, 15) is 8.78 Å². The fraction of sp³-hybridized carbons (Fsp3) is 0.333. The van der Waals surface area contributed by atoms with Crippen molar-refractivity contribution in [2.24, 2.45) is 5.92 Å². The molecule has 0 radical (unpaired) electrons. The van der Waals surface area contributed by atoms with Crippen LogP contribution in [0.2, 0.25) is 0 Å². The van der Waals surface area contributed by atoms with Gasteiger partial charge in [-0.05, 0) is 73.6 Å². The highest BCUT2D eigenvalue weighted by Crippen LogP contribution is 2.32. The highest BCUT2D eigenvalue weighted by atomic mass is 19.1. The van der Waals surface area contributed by atoms with E-state index < -0.39 is 11.6 Å². The zero-order chi connectivity index (χ0) is 25.1. The van der Waals surface area contributed by atoms with Crippen LogP contribution in [-0.2, 0) is 6.42 Å². The smallest absolute Gasteiger partial charge is 0.190 e. The second kappa shape index (κ2) is 10.4. The number of pyridine rings is 2. The van der Waals surface area contributed by atoms with E-state index in [0.717, 1.165) is 38.2 Å². The van der Waals surface area contributed by atoms with Gasteiger partial charge < -0.3 is 9.64 Å². The van der Waals surface area contributed by atoms with Gasteiger partial charge in [-0.15, -0.1) is 0 Å². The third-order valence-corrected chi connectivity index (χ3v) is 6.65. The van der Waals surface area contributed by atoms with Gasteiger partial charge in [0.1, 0.15) is 18.5 Å². The summed E-state index contributed by atoms with van der Waals surface area (Å²) in [6.07, 6.45) is 7.59. The summed E-state index contributed by atoms with van der Waals surface area (Å²) in [4.78, 5) is 15.2. The van der Waals surface area contributed by atoms with Crippen LogP contribution in [0.4, 0.5) is 14.6 Å². The summed E-state index contributed by atoms with van der Waals surface area (Å²) in [6, 6.07) is 10.3. The summed E-state index contributed by atoms with van der Waals surface area (Å²) in [5.74, 6) is 0.00544. The third-order valence-electron chi connectivity index (χ3n) is 6.65. The van der Waals surface area contributed by atoms with Gasteiger partial charge in [0.15, 0.2) is 23.2 Å². The van der Waals surface area contributed by atoms with Crippen molar-refractivity contribution in [1.29, 1.82) is 0 Å². The number of hydrogen-bond donors (Lipinski definition) is 0. The fourth-order valence-electron chi connectivity index (χ4n) is 4.50. The maximum atomic E-state index is 14.9. The molecule has 5 rings (SSSR count). The maximum absolute atomic E-state index is 14.9. The van der Waals surface area contributed by atoms with Crippen LogP contribution in [0.15, 0.2) is 55.2 Å². The van der Waals surface area contributed by atoms with Crippen LogP contribution in [0, 0.1) is 24.5 Å². The van der Waals surface area contributed by atoms with Crippen LogP contribution in [-0.4, -0.2) is 44.4 Å². The van der Waals surface area contributed by atoms with Crippen molar-refractivity contribution in [3.63, 3.8) is 0 Å². The molecule has 0 aliphatic carbocycles. The van der Waals surface area contributed by atoms with Gasteiger partial charge in [-0.3, -0.25) is 0 Å². The largest absolute Gasteiger partial charge is 0.487 e. The van der Waals surface area contributed by atoms with Crippen molar-refractivity contribution in [1.82, 2.24) is 24.7 Å². The van der Waals surface area contributed by atoms with Gasteiger partial charge in [-0.25, -0.2) is 28.4 Å². The van der Waals surface area contributed by atoms with E-state index in [2.05, 4.69) is 44.0 Å². The van der Waals surface area contributed by atoms with Crippen LogP contribution in [0.5, 0.6) is 5.75 Å². The molecule has 0 atom stereocenters. The van der Waals surface area contributed by atoms with Crippen molar-refractivity contribution < 1.29 is 13.5 Å². The molecule has 0 N–H and O–H groups in total. The van der Waals surface area contributed by atoms with E-state index >= 15 is 0 Å². The molecule has 0 saturated carbocycles. The van der Waals surface area contributed by atoms with Gasteiger partial charge >= 0.3 is 0 Å². The molecular formula is C27H28F2N6O. The minimum absolute atomic E-state index is 0.227. The van der Waals surface area contributed by atoms with Crippen molar-refractivity contribution in [3.05, 3.63) is 78.1 Å². The standard InChI is InChI=1S/C27H28F2N6O/c1-3-19-4-6-25(31-14-19)34-10-8-20(9-11-34)15-36-27-23(28)12-21(13-24(27)29)22-5-7-26(33-18(22)2)35-17-30-16-32-35/h4-7,12-14,16-17,20H,3,8-11,15H2,1-2H3. The highest BCUT2D eigenvalue weighted by Gasteiger charge is 2.22. The summed E-state index contributed by atoms with van der Waals surface area (Å²) in [5.41, 5.74) is 2.88. The van der Waals surface area contributed by atoms with Crippen molar-refractivity contribution in [3.8, 4) is 22.7 Å². The third kappa shape index (κ3) is 5.05. The molecule has 3 aromatic heterocycles. The number of halogens is 2. The quantitative estimate of drug-likeness (QED) is 0.356. The Kier molecular flexibility index (Phi) is 6.88. The Hall–Kier alpha value is -3.88. The molecule has 0 unspecified atom stereocenters. The Morgan fingerprint density at radius 2 is 1.78 bits per heavy atom. The van der Waals surface area contributed by atoms with E-state index in [-0.39, 0.29) is 18.3 Å². The molecular weight excluding hydrogens is 462 g/mol. The molecule has 4 heterocycles. The normalized spacial score (nSPS) is 14.3. The molecule has 36 heavy (non-hydrogen) atoms. The minimum atomic E-state index is -0.720. The molecule has 1 aliphatic rings. The monoisotopic (exact) mass is 490 g/mol. The Morgan fingerprint density at radius 3 is 2.39 bits per heavy atom. The first kappa shape index (κ1) is 23.8. The first-order chi connectivity index (χ1) is 17.5. The van der Waals surface area contributed by atoms with Crippen LogP contribution in [0.1, 0.15) is 31.0 Å². The van der Waals surface area contributed by atoms with Gasteiger partial charge in [-0.2, -0.15) is 5.10 Å². The average Bonchev–Trinajstić information content (AvgIpc) is 3.44. The van der Waals surface area contributed by atoms with Crippen LogP contribution >= 0.6 is 0 Å². The molecule has 0 amide bonds. The average molecular weight is 491 g/mol. The molecule has 0 bridgehead atoms. The Bertz CT molecular complexity index is 1300. The first-order valence-electron chi connectivity index (χ1n) is 12.2. The summed E-state index contributed by atoms with van der Waals surface area (Å²) in [6.45, 7) is 5.85. The number of benzene rings is 1. The van der Waals surface area contributed by atoms with E-state index in [4.69, 9.17) is 4.74 Å².